The van der Waals surface area contributed by atoms with Crippen LogP contribution >= 0.6 is 11.9 Å². The normalized spacial score (nSPS) is 10.6. The first kappa shape index (κ1) is 19.4. The highest BCUT2D eigenvalue weighted by Gasteiger charge is 2.11. The standard InChI is InChI=1S/C21H27NO2S/c1-5-7-17-10-11-19(18(14-17)8-6-2)24-21(23)22-25-20-12-9-15(3)13-16(20)4/h9-14H,5-8H2,1-4H3,(H,22,23). The van der Waals surface area contributed by atoms with Crippen molar-refractivity contribution in [3.63, 3.8) is 0 Å². The average Bonchev–Trinajstić information content (AvgIpc) is 2.57. The van der Waals surface area contributed by atoms with Gasteiger partial charge in [0, 0.05) is 4.90 Å². The lowest BCUT2D eigenvalue weighted by molar-refractivity contribution is 0.207. The fourth-order valence-corrected chi connectivity index (χ4v) is 3.36. The van der Waals surface area contributed by atoms with E-state index < -0.39 is 6.09 Å². The highest BCUT2D eigenvalue weighted by molar-refractivity contribution is 7.98. The predicted molar refractivity (Wildman–Crippen MR) is 105 cm³/mol. The zero-order valence-corrected chi connectivity index (χ0v) is 16.3. The van der Waals surface area contributed by atoms with E-state index in [-0.39, 0.29) is 0 Å². The van der Waals surface area contributed by atoms with E-state index >= 15 is 0 Å². The van der Waals surface area contributed by atoms with E-state index in [1.807, 2.05) is 31.2 Å². The van der Waals surface area contributed by atoms with E-state index in [2.05, 4.69) is 37.6 Å². The Hall–Kier alpha value is -1.94. The van der Waals surface area contributed by atoms with Gasteiger partial charge < -0.3 is 4.74 Å². The summed E-state index contributed by atoms with van der Waals surface area (Å²) < 4.78 is 8.32. The van der Waals surface area contributed by atoms with Crippen LogP contribution in [-0.2, 0) is 12.8 Å². The number of hydrogen-bond acceptors (Lipinski definition) is 3. The van der Waals surface area contributed by atoms with Crippen molar-refractivity contribution in [3.8, 4) is 5.75 Å². The second kappa shape index (κ2) is 9.52. The Balaban J connectivity index is 2.01. The summed E-state index contributed by atoms with van der Waals surface area (Å²) in [6, 6.07) is 12.3. The minimum Gasteiger partial charge on any atom is -0.409 e. The minimum atomic E-state index is -0.439. The van der Waals surface area contributed by atoms with Gasteiger partial charge in [-0.1, -0.05) is 56.5 Å². The van der Waals surface area contributed by atoms with Crippen LogP contribution in [0.2, 0.25) is 0 Å². The summed E-state index contributed by atoms with van der Waals surface area (Å²) in [7, 11) is 0. The fraction of sp³-hybridized carbons (Fsp3) is 0.381. The summed E-state index contributed by atoms with van der Waals surface area (Å²) in [4.78, 5) is 13.2. The molecule has 0 spiro atoms. The lowest BCUT2D eigenvalue weighted by Crippen LogP contribution is -2.21. The Bertz CT molecular complexity index is 728. The van der Waals surface area contributed by atoms with E-state index in [1.165, 1.54) is 23.1 Å². The number of benzene rings is 2. The maximum Gasteiger partial charge on any atom is 0.422 e. The molecule has 0 atom stereocenters. The van der Waals surface area contributed by atoms with E-state index in [4.69, 9.17) is 4.74 Å². The van der Waals surface area contributed by atoms with Crippen LogP contribution in [0, 0.1) is 13.8 Å². The summed E-state index contributed by atoms with van der Waals surface area (Å²) in [6.07, 6.45) is 3.64. The minimum absolute atomic E-state index is 0.439. The Morgan fingerprint density at radius 1 is 1.04 bits per heavy atom. The number of aryl methyl sites for hydroxylation is 4. The molecule has 0 saturated heterocycles. The predicted octanol–water partition coefficient (Wildman–Crippen LogP) is 6.00. The Morgan fingerprint density at radius 3 is 2.48 bits per heavy atom. The first-order valence-electron chi connectivity index (χ1n) is 8.87. The number of ether oxygens (including phenoxy) is 1. The smallest absolute Gasteiger partial charge is 0.409 e. The van der Waals surface area contributed by atoms with Gasteiger partial charge in [-0.2, -0.15) is 0 Å². The van der Waals surface area contributed by atoms with Crippen LogP contribution in [-0.4, -0.2) is 6.09 Å². The van der Waals surface area contributed by atoms with Gasteiger partial charge in [-0.3, -0.25) is 4.72 Å². The quantitative estimate of drug-likeness (QED) is 0.617. The van der Waals surface area contributed by atoms with Crippen molar-refractivity contribution in [2.24, 2.45) is 0 Å². The van der Waals surface area contributed by atoms with Crippen LogP contribution in [0.5, 0.6) is 5.75 Å². The first-order chi connectivity index (χ1) is 12.0. The lowest BCUT2D eigenvalue weighted by atomic mass is 10.0. The summed E-state index contributed by atoms with van der Waals surface area (Å²) in [5.41, 5.74) is 4.74. The van der Waals surface area contributed by atoms with Crippen molar-refractivity contribution in [1.82, 2.24) is 4.72 Å². The molecule has 134 valence electrons. The van der Waals surface area contributed by atoms with Gasteiger partial charge in [-0.25, -0.2) is 4.79 Å². The van der Waals surface area contributed by atoms with Gasteiger partial charge in [0.15, 0.2) is 0 Å². The molecule has 4 heteroatoms. The summed E-state index contributed by atoms with van der Waals surface area (Å²) in [5.74, 6) is 0.653. The number of carbonyl (C=O) groups is 1. The highest BCUT2D eigenvalue weighted by Crippen LogP contribution is 2.24. The van der Waals surface area contributed by atoms with Gasteiger partial charge in [-0.15, -0.1) is 0 Å². The highest BCUT2D eigenvalue weighted by atomic mass is 32.2. The van der Waals surface area contributed by atoms with Gasteiger partial charge in [0.05, 0.1) is 0 Å². The van der Waals surface area contributed by atoms with E-state index in [9.17, 15) is 4.79 Å². The monoisotopic (exact) mass is 357 g/mol. The molecule has 0 heterocycles. The average molecular weight is 358 g/mol. The zero-order valence-electron chi connectivity index (χ0n) is 15.5. The topological polar surface area (TPSA) is 38.3 Å². The van der Waals surface area contributed by atoms with Crippen molar-refractivity contribution in [1.29, 1.82) is 0 Å². The molecule has 0 aliphatic heterocycles. The molecule has 2 aromatic rings. The first-order valence-corrected chi connectivity index (χ1v) is 9.68. The third-order valence-corrected chi connectivity index (χ3v) is 4.91. The molecular formula is C21H27NO2S. The van der Waals surface area contributed by atoms with Crippen molar-refractivity contribution >= 4 is 18.0 Å². The number of carbonyl (C=O) groups excluding carboxylic acids is 1. The van der Waals surface area contributed by atoms with E-state index in [0.29, 0.717) is 5.75 Å². The van der Waals surface area contributed by atoms with Crippen molar-refractivity contribution in [2.75, 3.05) is 0 Å². The van der Waals surface area contributed by atoms with Gasteiger partial charge in [0.1, 0.15) is 5.75 Å². The SMILES string of the molecule is CCCc1ccc(OC(=O)NSc2ccc(C)cc2C)c(CCC)c1. The van der Waals surface area contributed by atoms with Crippen LogP contribution < -0.4 is 9.46 Å². The van der Waals surface area contributed by atoms with Crippen molar-refractivity contribution < 1.29 is 9.53 Å². The van der Waals surface area contributed by atoms with Gasteiger partial charge in [0.25, 0.3) is 0 Å². The van der Waals surface area contributed by atoms with Crippen molar-refractivity contribution in [3.05, 3.63) is 58.7 Å². The molecule has 25 heavy (non-hydrogen) atoms. The molecular weight excluding hydrogens is 330 g/mol. The lowest BCUT2D eigenvalue weighted by Gasteiger charge is -2.12. The molecule has 0 saturated carbocycles. The van der Waals surface area contributed by atoms with E-state index in [0.717, 1.165) is 41.7 Å². The third-order valence-electron chi connectivity index (χ3n) is 3.96. The van der Waals surface area contributed by atoms with Crippen molar-refractivity contribution in [2.45, 2.75) is 58.3 Å². The second-order valence-corrected chi connectivity index (χ2v) is 7.15. The van der Waals surface area contributed by atoms with Crippen LogP contribution in [0.1, 0.15) is 48.9 Å². The molecule has 1 N–H and O–H groups in total. The number of hydrogen-bond donors (Lipinski definition) is 1. The number of rotatable bonds is 7. The van der Waals surface area contributed by atoms with Gasteiger partial charge >= 0.3 is 6.09 Å². The molecule has 0 radical (unpaired) electrons. The summed E-state index contributed by atoms with van der Waals surface area (Å²) in [5, 5.41) is 0. The molecule has 0 fully saturated rings. The molecule has 0 aromatic heterocycles. The Morgan fingerprint density at radius 2 is 1.80 bits per heavy atom. The molecule has 1 amide bonds. The fourth-order valence-electron chi connectivity index (χ4n) is 2.77. The van der Waals surface area contributed by atoms with Crippen LogP contribution in [0.15, 0.2) is 41.3 Å². The number of amides is 1. The maximum absolute atomic E-state index is 12.2. The molecule has 2 aromatic carbocycles. The molecule has 3 nitrogen and oxygen atoms in total. The van der Waals surface area contributed by atoms with E-state index in [1.54, 1.807) is 0 Å². The van der Waals surface area contributed by atoms with Gasteiger partial charge in [-0.05, 0) is 67.5 Å². The Kier molecular flexibility index (Phi) is 7.38. The molecule has 0 aliphatic carbocycles. The second-order valence-electron chi connectivity index (χ2n) is 6.30. The molecule has 0 bridgehead atoms. The Labute approximate surface area is 155 Å². The third kappa shape index (κ3) is 5.82. The van der Waals surface area contributed by atoms with Crippen LogP contribution in [0.25, 0.3) is 0 Å². The zero-order chi connectivity index (χ0) is 18.2. The summed E-state index contributed by atoms with van der Waals surface area (Å²) >= 11 is 1.29. The maximum atomic E-state index is 12.2. The number of nitrogens with one attached hydrogen (secondary N) is 1. The van der Waals surface area contributed by atoms with Crippen LogP contribution in [0.4, 0.5) is 4.79 Å². The molecule has 2 rings (SSSR count). The summed E-state index contributed by atoms with van der Waals surface area (Å²) in [6.45, 7) is 8.39. The van der Waals surface area contributed by atoms with Crippen LogP contribution in [0.3, 0.4) is 0 Å². The van der Waals surface area contributed by atoms with Gasteiger partial charge in [0.2, 0.25) is 0 Å². The largest absolute Gasteiger partial charge is 0.422 e. The molecule has 0 aliphatic rings. The molecule has 0 unspecified atom stereocenters.